The molecular formula is C18H29NO. The van der Waals surface area contributed by atoms with Gasteiger partial charge in [-0.15, -0.1) is 0 Å². The molecule has 1 aliphatic rings. The standard InChI is InChI=1S/C18H29NO/c1-15(16-9-5-3-4-6-10-16)19-13-17-11-7-8-12-18(17)14-20-2/h7-8,11-12,15-16,19H,3-6,9-10,13-14H2,1-2H3/t15-/m0/s1. The lowest BCUT2D eigenvalue weighted by Gasteiger charge is -2.24. The Bertz CT molecular complexity index is 383. The van der Waals surface area contributed by atoms with E-state index in [1.54, 1.807) is 7.11 Å². The third-order valence-corrected chi connectivity index (χ3v) is 4.64. The monoisotopic (exact) mass is 275 g/mol. The van der Waals surface area contributed by atoms with Gasteiger partial charge >= 0.3 is 0 Å². The van der Waals surface area contributed by atoms with Crippen LogP contribution < -0.4 is 5.32 Å². The summed E-state index contributed by atoms with van der Waals surface area (Å²) in [5, 5.41) is 3.74. The molecule has 1 fully saturated rings. The van der Waals surface area contributed by atoms with Crippen LogP contribution in [0, 0.1) is 5.92 Å². The molecule has 0 heterocycles. The Morgan fingerprint density at radius 2 is 1.75 bits per heavy atom. The average molecular weight is 275 g/mol. The van der Waals surface area contributed by atoms with Crippen molar-refractivity contribution in [1.82, 2.24) is 5.32 Å². The lowest BCUT2D eigenvalue weighted by molar-refractivity contribution is 0.184. The van der Waals surface area contributed by atoms with Gasteiger partial charge in [-0.2, -0.15) is 0 Å². The van der Waals surface area contributed by atoms with Crippen molar-refractivity contribution < 1.29 is 4.74 Å². The van der Waals surface area contributed by atoms with Gasteiger partial charge in [-0.25, -0.2) is 0 Å². The Balaban J connectivity index is 1.87. The average Bonchev–Trinajstić information content (AvgIpc) is 2.75. The highest BCUT2D eigenvalue weighted by atomic mass is 16.5. The molecule has 112 valence electrons. The minimum absolute atomic E-state index is 0.615. The summed E-state index contributed by atoms with van der Waals surface area (Å²) in [6, 6.07) is 9.19. The maximum Gasteiger partial charge on any atom is 0.0716 e. The van der Waals surface area contributed by atoms with Gasteiger partial charge in [0.15, 0.2) is 0 Å². The smallest absolute Gasteiger partial charge is 0.0716 e. The topological polar surface area (TPSA) is 21.3 Å². The largest absolute Gasteiger partial charge is 0.380 e. The summed E-state index contributed by atoms with van der Waals surface area (Å²) >= 11 is 0. The first-order valence-electron chi connectivity index (χ1n) is 8.10. The fourth-order valence-electron chi connectivity index (χ4n) is 3.27. The summed E-state index contributed by atoms with van der Waals surface area (Å²) < 4.78 is 5.28. The molecule has 0 spiro atoms. The second kappa shape index (κ2) is 8.43. The zero-order chi connectivity index (χ0) is 14.2. The van der Waals surface area contributed by atoms with E-state index in [2.05, 4.69) is 36.5 Å². The molecule has 0 unspecified atom stereocenters. The van der Waals surface area contributed by atoms with Crippen LogP contribution in [0.2, 0.25) is 0 Å². The number of benzene rings is 1. The molecule has 0 amide bonds. The molecule has 0 radical (unpaired) electrons. The summed E-state index contributed by atoms with van der Waals surface area (Å²) in [6.45, 7) is 4.02. The van der Waals surface area contributed by atoms with Crippen molar-refractivity contribution in [3.8, 4) is 0 Å². The molecule has 0 aromatic heterocycles. The second-order valence-electron chi connectivity index (χ2n) is 6.12. The molecule has 2 heteroatoms. The molecule has 0 bridgehead atoms. The molecule has 1 aliphatic carbocycles. The van der Waals surface area contributed by atoms with Gasteiger partial charge in [0.1, 0.15) is 0 Å². The number of hydrogen-bond donors (Lipinski definition) is 1. The van der Waals surface area contributed by atoms with Gasteiger partial charge in [0.2, 0.25) is 0 Å². The number of rotatable bonds is 6. The van der Waals surface area contributed by atoms with Crippen LogP contribution in [0.3, 0.4) is 0 Å². The van der Waals surface area contributed by atoms with E-state index in [0.29, 0.717) is 12.6 Å². The third kappa shape index (κ3) is 4.60. The molecule has 2 rings (SSSR count). The Hall–Kier alpha value is -0.860. The predicted octanol–water partition coefficient (Wildman–Crippen LogP) is 4.28. The van der Waals surface area contributed by atoms with E-state index >= 15 is 0 Å². The zero-order valence-corrected chi connectivity index (χ0v) is 13.0. The van der Waals surface area contributed by atoms with Gasteiger partial charge in [-0.1, -0.05) is 49.9 Å². The van der Waals surface area contributed by atoms with Crippen LogP contribution in [0.15, 0.2) is 24.3 Å². The summed E-state index contributed by atoms with van der Waals surface area (Å²) in [6.07, 6.45) is 8.48. The molecule has 1 saturated carbocycles. The number of hydrogen-bond acceptors (Lipinski definition) is 2. The quantitative estimate of drug-likeness (QED) is 0.782. The maximum atomic E-state index is 5.28. The molecule has 1 N–H and O–H groups in total. The van der Waals surface area contributed by atoms with Crippen LogP contribution in [0.4, 0.5) is 0 Å². The SMILES string of the molecule is COCc1ccccc1CN[C@@H](C)C1CCCCCC1. The van der Waals surface area contributed by atoms with E-state index < -0.39 is 0 Å². The normalized spacial score (nSPS) is 18.7. The summed E-state index contributed by atoms with van der Waals surface area (Å²) in [5.74, 6) is 0.854. The Morgan fingerprint density at radius 1 is 1.10 bits per heavy atom. The van der Waals surface area contributed by atoms with Gasteiger partial charge in [0.25, 0.3) is 0 Å². The van der Waals surface area contributed by atoms with Crippen LogP contribution in [0.25, 0.3) is 0 Å². The van der Waals surface area contributed by atoms with Crippen molar-refractivity contribution in [2.75, 3.05) is 7.11 Å². The number of methoxy groups -OCH3 is 1. The van der Waals surface area contributed by atoms with E-state index in [4.69, 9.17) is 4.74 Å². The van der Waals surface area contributed by atoms with Crippen molar-refractivity contribution >= 4 is 0 Å². The second-order valence-corrected chi connectivity index (χ2v) is 6.12. The van der Waals surface area contributed by atoms with E-state index in [1.807, 2.05) is 0 Å². The first-order chi connectivity index (χ1) is 9.81. The molecule has 1 atom stereocenters. The van der Waals surface area contributed by atoms with Gasteiger partial charge in [-0.05, 0) is 36.8 Å². The Morgan fingerprint density at radius 3 is 2.40 bits per heavy atom. The van der Waals surface area contributed by atoms with Gasteiger partial charge < -0.3 is 10.1 Å². The van der Waals surface area contributed by atoms with Crippen LogP contribution >= 0.6 is 0 Å². The molecule has 2 nitrogen and oxygen atoms in total. The highest BCUT2D eigenvalue weighted by Gasteiger charge is 2.18. The molecule has 0 aliphatic heterocycles. The molecule has 20 heavy (non-hydrogen) atoms. The van der Waals surface area contributed by atoms with E-state index in [9.17, 15) is 0 Å². The van der Waals surface area contributed by atoms with Crippen molar-refractivity contribution in [3.05, 3.63) is 35.4 Å². The Labute approximate surface area is 123 Å². The summed E-state index contributed by atoms with van der Waals surface area (Å²) in [5.41, 5.74) is 2.67. The highest BCUT2D eigenvalue weighted by molar-refractivity contribution is 5.26. The lowest BCUT2D eigenvalue weighted by Crippen LogP contribution is -2.33. The molecular weight excluding hydrogens is 246 g/mol. The predicted molar refractivity (Wildman–Crippen MR) is 84.6 cm³/mol. The fraction of sp³-hybridized carbons (Fsp3) is 0.667. The number of nitrogens with one attached hydrogen (secondary N) is 1. The van der Waals surface area contributed by atoms with Crippen molar-refractivity contribution in [2.45, 2.75) is 64.6 Å². The minimum atomic E-state index is 0.615. The van der Waals surface area contributed by atoms with Crippen LogP contribution in [-0.4, -0.2) is 13.2 Å². The molecule has 1 aromatic carbocycles. The molecule has 1 aromatic rings. The summed E-state index contributed by atoms with van der Waals surface area (Å²) in [7, 11) is 1.76. The zero-order valence-electron chi connectivity index (χ0n) is 13.0. The fourth-order valence-corrected chi connectivity index (χ4v) is 3.27. The van der Waals surface area contributed by atoms with E-state index in [1.165, 1.54) is 49.7 Å². The number of ether oxygens (including phenoxy) is 1. The van der Waals surface area contributed by atoms with Crippen LogP contribution in [-0.2, 0) is 17.9 Å². The van der Waals surface area contributed by atoms with Crippen molar-refractivity contribution in [2.24, 2.45) is 5.92 Å². The highest BCUT2D eigenvalue weighted by Crippen LogP contribution is 2.25. The van der Waals surface area contributed by atoms with Gasteiger partial charge in [0.05, 0.1) is 6.61 Å². The first kappa shape index (κ1) is 15.5. The lowest BCUT2D eigenvalue weighted by atomic mass is 9.93. The van der Waals surface area contributed by atoms with Crippen LogP contribution in [0.1, 0.15) is 56.6 Å². The van der Waals surface area contributed by atoms with Crippen molar-refractivity contribution in [1.29, 1.82) is 0 Å². The third-order valence-electron chi connectivity index (χ3n) is 4.64. The maximum absolute atomic E-state index is 5.28. The van der Waals surface area contributed by atoms with Gasteiger partial charge in [0, 0.05) is 19.7 Å². The van der Waals surface area contributed by atoms with Crippen LogP contribution in [0.5, 0.6) is 0 Å². The van der Waals surface area contributed by atoms with Gasteiger partial charge in [-0.3, -0.25) is 0 Å². The van der Waals surface area contributed by atoms with E-state index in [0.717, 1.165) is 12.5 Å². The summed E-state index contributed by atoms with van der Waals surface area (Å²) in [4.78, 5) is 0. The first-order valence-corrected chi connectivity index (χ1v) is 8.10. The molecule has 0 saturated heterocycles. The minimum Gasteiger partial charge on any atom is -0.380 e. The van der Waals surface area contributed by atoms with E-state index in [-0.39, 0.29) is 0 Å². The van der Waals surface area contributed by atoms with Crippen molar-refractivity contribution in [3.63, 3.8) is 0 Å². The Kier molecular flexibility index (Phi) is 6.55.